The number of imidazole rings is 1. The number of aliphatic hydroxyl groups is 2. The smallest absolute Gasteiger partial charge is 0.177 e. The molecule has 0 aliphatic rings. The van der Waals surface area contributed by atoms with E-state index < -0.39 is 10.9 Å². The first kappa shape index (κ1) is 30.0. The Morgan fingerprint density at radius 3 is 1.40 bits per heavy atom. The number of nitrogens with zero attached hydrogens (tertiary/aromatic N) is 2. The Balaban J connectivity index is 1.30. The van der Waals surface area contributed by atoms with Gasteiger partial charge in [-0.2, -0.15) is 0 Å². The SMILES string of the molecule is BC(O)(O)C(B)(B)c1nc2ccccc2n1-c1ccc(-c2c3ccccc3c(-c3ccc(-c4ccccc4)cc3)c3ccccc23)cc1. The molecule has 0 bridgehead atoms. The summed E-state index contributed by atoms with van der Waals surface area (Å²) < 4.78 is 2.04. The molecule has 0 amide bonds. The Kier molecular flexibility index (Phi) is 7.13. The predicted octanol–water partition coefficient (Wildman–Crippen LogP) is 6.02. The van der Waals surface area contributed by atoms with E-state index in [1.807, 2.05) is 50.6 Å². The lowest BCUT2D eigenvalue weighted by Gasteiger charge is -2.36. The van der Waals surface area contributed by atoms with Crippen LogP contribution in [0.15, 0.2) is 152 Å². The average molecular weight is 618 g/mol. The maximum absolute atomic E-state index is 10.8. The molecule has 0 atom stereocenters. The summed E-state index contributed by atoms with van der Waals surface area (Å²) >= 11 is 0. The Morgan fingerprint density at radius 2 is 0.875 bits per heavy atom. The van der Waals surface area contributed by atoms with Gasteiger partial charge < -0.3 is 10.2 Å². The summed E-state index contributed by atoms with van der Waals surface area (Å²) in [6.07, 6.45) is 0. The van der Waals surface area contributed by atoms with Crippen molar-refractivity contribution in [2.24, 2.45) is 0 Å². The summed E-state index contributed by atoms with van der Waals surface area (Å²) in [6.45, 7) is 0. The van der Waals surface area contributed by atoms with E-state index in [9.17, 15) is 10.2 Å². The topological polar surface area (TPSA) is 58.3 Å². The van der Waals surface area contributed by atoms with Crippen LogP contribution in [-0.4, -0.2) is 49.0 Å². The molecule has 0 aliphatic heterocycles. The van der Waals surface area contributed by atoms with Crippen LogP contribution in [0.3, 0.4) is 0 Å². The van der Waals surface area contributed by atoms with Crippen LogP contribution in [0.4, 0.5) is 0 Å². The lowest BCUT2D eigenvalue weighted by Crippen LogP contribution is -2.54. The van der Waals surface area contributed by atoms with E-state index in [4.69, 9.17) is 4.98 Å². The molecular formula is C41H33B3N2O2. The van der Waals surface area contributed by atoms with Gasteiger partial charge in [-0.25, -0.2) is 4.98 Å². The Labute approximate surface area is 282 Å². The standard InChI is InChI=1S/C41H33B3N2O2/c42-40(43,41(44,47)48)39-45-35-16-8-9-17-36(35)46(39)30-24-22-29(23-25-30)38-33-14-6-4-12-31(33)37(32-13-5-7-15-34(32)38)28-20-18-27(19-21-28)26-10-2-1-3-11-26/h1-25,47-48H,42-44H2. The molecular weight excluding hydrogens is 585 g/mol. The number of benzene rings is 7. The molecule has 0 fully saturated rings. The molecule has 2 N–H and O–H groups in total. The van der Waals surface area contributed by atoms with E-state index in [1.165, 1.54) is 57.2 Å². The quantitative estimate of drug-likeness (QED) is 0.136. The molecule has 8 aromatic rings. The van der Waals surface area contributed by atoms with Crippen molar-refractivity contribution in [3.8, 4) is 39.1 Å². The minimum absolute atomic E-state index is 0.586. The number of hydrogen-bond acceptors (Lipinski definition) is 3. The second-order valence-electron chi connectivity index (χ2n) is 13.2. The van der Waals surface area contributed by atoms with Gasteiger partial charge in [0.05, 0.1) is 11.0 Å². The molecule has 0 saturated carbocycles. The Morgan fingerprint density at radius 1 is 0.458 bits per heavy atom. The second kappa shape index (κ2) is 11.4. The van der Waals surface area contributed by atoms with Gasteiger partial charge in [-0.1, -0.05) is 127 Å². The van der Waals surface area contributed by atoms with E-state index in [0.717, 1.165) is 22.3 Å². The van der Waals surface area contributed by atoms with Crippen molar-refractivity contribution in [2.75, 3.05) is 0 Å². The molecule has 48 heavy (non-hydrogen) atoms. The van der Waals surface area contributed by atoms with E-state index in [1.54, 1.807) is 0 Å². The highest BCUT2D eigenvalue weighted by atomic mass is 16.5. The molecule has 1 aromatic heterocycles. The Hall–Kier alpha value is -5.36. The van der Waals surface area contributed by atoms with E-state index in [2.05, 4.69) is 121 Å². The fourth-order valence-electron chi connectivity index (χ4n) is 6.91. The maximum Gasteiger partial charge on any atom is 0.177 e. The fraction of sp³-hybridized carbons (Fsp3) is 0.0488. The van der Waals surface area contributed by atoms with Crippen LogP contribution in [0.5, 0.6) is 0 Å². The number of fused-ring (bicyclic) bond motifs is 3. The molecule has 0 radical (unpaired) electrons. The first-order chi connectivity index (χ1) is 23.2. The molecule has 4 nitrogen and oxygen atoms in total. The normalized spacial score (nSPS) is 12.2. The van der Waals surface area contributed by atoms with Crippen molar-refractivity contribution in [2.45, 2.75) is 10.9 Å². The zero-order valence-electron chi connectivity index (χ0n) is 27.2. The monoisotopic (exact) mass is 618 g/mol. The van der Waals surface area contributed by atoms with Crippen molar-refractivity contribution >= 4 is 56.1 Å². The van der Waals surface area contributed by atoms with Crippen molar-refractivity contribution in [1.29, 1.82) is 0 Å². The molecule has 7 heteroatoms. The predicted molar refractivity (Wildman–Crippen MR) is 207 cm³/mol. The number of aromatic nitrogens is 2. The molecule has 8 rings (SSSR count). The molecule has 0 aliphatic carbocycles. The maximum atomic E-state index is 10.8. The van der Waals surface area contributed by atoms with Gasteiger partial charge in [-0.15, -0.1) is 0 Å². The minimum atomic E-state index is -1.98. The van der Waals surface area contributed by atoms with Gasteiger partial charge in [0.25, 0.3) is 0 Å². The third kappa shape index (κ3) is 4.86. The summed E-state index contributed by atoms with van der Waals surface area (Å²) in [5.74, 6) is 0.586. The minimum Gasteiger partial charge on any atom is -0.375 e. The zero-order valence-corrected chi connectivity index (χ0v) is 27.2. The summed E-state index contributed by atoms with van der Waals surface area (Å²) in [6, 6.07) is 53.2. The highest BCUT2D eigenvalue weighted by Gasteiger charge is 2.42. The lowest BCUT2D eigenvalue weighted by molar-refractivity contribution is -0.100. The number of para-hydroxylation sites is 2. The molecule has 0 saturated heterocycles. The fourth-order valence-corrected chi connectivity index (χ4v) is 6.91. The van der Waals surface area contributed by atoms with Crippen molar-refractivity contribution in [3.63, 3.8) is 0 Å². The van der Waals surface area contributed by atoms with Crippen molar-refractivity contribution < 1.29 is 10.2 Å². The van der Waals surface area contributed by atoms with Gasteiger partial charge in [-0.05, 0) is 79.2 Å². The summed E-state index contributed by atoms with van der Waals surface area (Å²) in [4.78, 5) is 4.89. The van der Waals surface area contributed by atoms with Gasteiger partial charge in [0.15, 0.2) is 7.85 Å². The number of hydrogen-bond donors (Lipinski definition) is 2. The molecule has 7 aromatic carbocycles. The molecule has 228 valence electrons. The van der Waals surface area contributed by atoms with Crippen molar-refractivity contribution in [3.05, 3.63) is 157 Å². The molecule has 1 heterocycles. The highest BCUT2D eigenvalue weighted by molar-refractivity contribution is 6.44. The van der Waals surface area contributed by atoms with Crippen LogP contribution < -0.4 is 0 Å². The lowest BCUT2D eigenvalue weighted by atomic mass is 9.45. The van der Waals surface area contributed by atoms with Gasteiger partial charge >= 0.3 is 0 Å². The van der Waals surface area contributed by atoms with Crippen molar-refractivity contribution in [1.82, 2.24) is 9.55 Å². The van der Waals surface area contributed by atoms with Gasteiger partial charge in [-0.3, -0.25) is 4.57 Å². The van der Waals surface area contributed by atoms with Crippen LogP contribution >= 0.6 is 0 Å². The Bertz CT molecular complexity index is 2390. The third-order valence-electron chi connectivity index (χ3n) is 9.93. The van der Waals surface area contributed by atoms with Crippen LogP contribution in [0.1, 0.15) is 5.82 Å². The largest absolute Gasteiger partial charge is 0.375 e. The number of rotatable bonds is 6. The summed E-state index contributed by atoms with van der Waals surface area (Å²) in [7, 11) is 5.04. The average Bonchev–Trinajstić information content (AvgIpc) is 3.51. The van der Waals surface area contributed by atoms with Crippen LogP contribution in [0.2, 0.25) is 0 Å². The molecule has 0 unspecified atom stereocenters. The van der Waals surface area contributed by atoms with Gasteiger partial charge in [0, 0.05) is 10.9 Å². The zero-order chi connectivity index (χ0) is 33.0. The van der Waals surface area contributed by atoms with Crippen LogP contribution in [0, 0.1) is 0 Å². The first-order valence-corrected chi connectivity index (χ1v) is 16.4. The molecule has 0 spiro atoms. The van der Waals surface area contributed by atoms with E-state index >= 15 is 0 Å². The first-order valence-electron chi connectivity index (χ1n) is 16.4. The van der Waals surface area contributed by atoms with Gasteiger partial charge in [0.1, 0.15) is 27.2 Å². The summed E-state index contributed by atoms with van der Waals surface area (Å²) in [5, 5.41) is 25.3. The van der Waals surface area contributed by atoms with Crippen LogP contribution in [-0.2, 0) is 5.21 Å². The second-order valence-corrected chi connectivity index (χ2v) is 13.2. The highest BCUT2D eigenvalue weighted by Crippen LogP contribution is 2.44. The van der Waals surface area contributed by atoms with Crippen LogP contribution in [0.25, 0.3) is 71.6 Å². The summed E-state index contributed by atoms with van der Waals surface area (Å²) in [5.41, 5.74) is 7.76. The van der Waals surface area contributed by atoms with Gasteiger partial charge in [0.2, 0.25) is 0 Å². The van der Waals surface area contributed by atoms with E-state index in [0.29, 0.717) is 5.82 Å². The van der Waals surface area contributed by atoms with E-state index in [-0.39, 0.29) is 0 Å². The third-order valence-corrected chi connectivity index (χ3v) is 9.93.